The molecule has 0 amide bonds. The molecular formula is C15H16O2. The first-order valence-corrected chi connectivity index (χ1v) is 6.09. The van der Waals surface area contributed by atoms with Crippen molar-refractivity contribution in [3.63, 3.8) is 0 Å². The summed E-state index contributed by atoms with van der Waals surface area (Å²) in [4.78, 5) is 0. The van der Waals surface area contributed by atoms with E-state index in [0.717, 1.165) is 36.3 Å². The molecule has 1 aromatic heterocycles. The summed E-state index contributed by atoms with van der Waals surface area (Å²) in [6, 6.07) is 12.4. The van der Waals surface area contributed by atoms with Gasteiger partial charge in [0.2, 0.25) is 0 Å². The Balaban J connectivity index is 2.02. The quantitative estimate of drug-likeness (QED) is 0.776. The number of hydrogen-bond acceptors (Lipinski definition) is 2. The SMILES string of the molecule is CO[C@H]1CCCc2oc(-c3ccccc3)cc21. The van der Waals surface area contributed by atoms with Gasteiger partial charge in [-0.25, -0.2) is 0 Å². The first-order chi connectivity index (χ1) is 8.38. The van der Waals surface area contributed by atoms with Gasteiger partial charge in [-0.15, -0.1) is 0 Å². The van der Waals surface area contributed by atoms with Crippen molar-refractivity contribution in [3.05, 3.63) is 47.7 Å². The minimum absolute atomic E-state index is 0.208. The van der Waals surface area contributed by atoms with Gasteiger partial charge in [0, 0.05) is 24.7 Å². The largest absolute Gasteiger partial charge is 0.461 e. The lowest BCUT2D eigenvalue weighted by atomic mass is 9.95. The number of fused-ring (bicyclic) bond motifs is 1. The Bertz CT molecular complexity index is 499. The van der Waals surface area contributed by atoms with Crippen LogP contribution in [-0.4, -0.2) is 7.11 Å². The molecule has 2 nitrogen and oxygen atoms in total. The van der Waals surface area contributed by atoms with Crippen molar-refractivity contribution >= 4 is 0 Å². The highest BCUT2D eigenvalue weighted by atomic mass is 16.5. The average Bonchev–Trinajstić information content (AvgIpc) is 2.83. The molecule has 2 heteroatoms. The van der Waals surface area contributed by atoms with E-state index >= 15 is 0 Å². The van der Waals surface area contributed by atoms with Crippen LogP contribution in [0.15, 0.2) is 40.8 Å². The summed E-state index contributed by atoms with van der Waals surface area (Å²) in [5, 5.41) is 0. The van der Waals surface area contributed by atoms with Gasteiger partial charge in [0.25, 0.3) is 0 Å². The monoisotopic (exact) mass is 228 g/mol. The zero-order valence-electron chi connectivity index (χ0n) is 9.98. The first kappa shape index (κ1) is 10.6. The van der Waals surface area contributed by atoms with Crippen LogP contribution in [0.5, 0.6) is 0 Å². The van der Waals surface area contributed by atoms with Gasteiger partial charge in [-0.1, -0.05) is 30.3 Å². The molecule has 17 heavy (non-hydrogen) atoms. The zero-order chi connectivity index (χ0) is 11.7. The summed E-state index contributed by atoms with van der Waals surface area (Å²) < 4.78 is 11.5. The van der Waals surface area contributed by atoms with Gasteiger partial charge in [0.05, 0.1) is 6.10 Å². The smallest absolute Gasteiger partial charge is 0.134 e. The Morgan fingerprint density at radius 3 is 2.82 bits per heavy atom. The van der Waals surface area contributed by atoms with Crippen LogP contribution in [0.2, 0.25) is 0 Å². The Labute approximate surface area is 101 Å². The van der Waals surface area contributed by atoms with Gasteiger partial charge >= 0.3 is 0 Å². The van der Waals surface area contributed by atoms with E-state index in [-0.39, 0.29) is 6.10 Å². The lowest BCUT2D eigenvalue weighted by Gasteiger charge is -2.19. The minimum Gasteiger partial charge on any atom is -0.461 e. The van der Waals surface area contributed by atoms with Crippen molar-refractivity contribution in [1.29, 1.82) is 0 Å². The van der Waals surface area contributed by atoms with Crippen molar-refractivity contribution in [2.24, 2.45) is 0 Å². The Morgan fingerprint density at radius 2 is 2.06 bits per heavy atom. The number of hydrogen-bond donors (Lipinski definition) is 0. The molecule has 1 aliphatic rings. The highest BCUT2D eigenvalue weighted by Crippen LogP contribution is 2.37. The number of ether oxygens (including phenoxy) is 1. The maximum atomic E-state index is 5.94. The fraction of sp³-hybridized carbons (Fsp3) is 0.333. The molecule has 1 atom stereocenters. The topological polar surface area (TPSA) is 22.4 Å². The molecule has 0 saturated carbocycles. The average molecular weight is 228 g/mol. The highest BCUT2D eigenvalue weighted by molar-refractivity contribution is 5.59. The van der Waals surface area contributed by atoms with Crippen molar-refractivity contribution in [1.82, 2.24) is 0 Å². The lowest BCUT2D eigenvalue weighted by molar-refractivity contribution is 0.0858. The number of methoxy groups -OCH3 is 1. The fourth-order valence-corrected chi connectivity index (χ4v) is 2.50. The normalized spacial score (nSPS) is 19.0. The molecule has 0 fully saturated rings. The summed E-state index contributed by atoms with van der Waals surface area (Å²) in [5.41, 5.74) is 2.37. The second kappa shape index (κ2) is 4.38. The Hall–Kier alpha value is -1.54. The van der Waals surface area contributed by atoms with Gasteiger partial charge in [-0.2, -0.15) is 0 Å². The molecule has 0 saturated heterocycles. The van der Waals surface area contributed by atoms with Gasteiger partial charge in [0.1, 0.15) is 11.5 Å². The maximum absolute atomic E-state index is 5.94. The van der Waals surface area contributed by atoms with E-state index in [0.29, 0.717) is 0 Å². The molecule has 2 aromatic rings. The first-order valence-electron chi connectivity index (χ1n) is 6.09. The summed E-state index contributed by atoms with van der Waals surface area (Å²) >= 11 is 0. The van der Waals surface area contributed by atoms with E-state index in [1.54, 1.807) is 7.11 Å². The summed E-state index contributed by atoms with van der Waals surface area (Å²) in [5.74, 6) is 2.06. The number of rotatable bonds is 2. The molecule has 1 heterocycles. The third kappa shape index (κ3) is 1.89. The van der Waals surface area contributed by atoms with E-state index in [9.17, 15) is 0 Å². The van der Waals surface area contributed by atoms with E-state index in [4.69, 9.17) is 9.15 Å². The highest BCUT2D eigenvalue weighted by Gasteiger charge is 2.24. The van der Waals surface area contributed by atoms with E-state index < -0.39 is 0 Å². The second-order valence-electron chi connectivity index (χ2n) is 4.47. The van der Waals surface area contributed by atoms with Crippen LogP contribution in [0.25, 0.3) is 11.3 Å². The molecule has 0 radical (unpaired) electrons. The third-order valence-electron chi connectivity index (χ3n) is 3.40. The van der Waals surface area contributed by atoms with Crippen LogP contribution >= 0.6 is 0 Å². The summed E-state index contributed by atoms with van der Waals surface area (Å²) in [6.07, 6.45) is 3.48. The fourth-order valence-electron chi connectivity index (χ4n) is 2.50. The van der Waals surface area contributed by atoms with Crippen LogP contribution in [0.1, 0.15) is 30.3 Å². The summed E-state index contributed by atoms with van der Waals surface area (Å²) in [7, 11) is 1.77. The van der Waals surface area contributed by atoms with E-state index in [1.807, 2.05) is 18.2 Å². The molecule has 0 unspecified atom stereocenters. The van der Waals surface area contributed by atoms with Crippen molar-refractivity contribution in [2.45, 2.75) is 25.4 Å². The Morgan fingerprint density at radius 1 is 1.24 bits per heavy atom. The van der Waals surface area contributed by atoms with E-state index in [1.165, 1.54) is 5.56 Å². The van der Waals surface area contributed by atoms with Gasteiger partial charge in [-0.05, 0) is 18.9 Å². The van der Waals surface area contributed by atoms with Crippen LogP contribution in [0, 0.1) is 0 Å². The number of benzene rings is 1. The van der Waals surface area contributed by atoms with E-state index in [2.05, 4.69) is 18.2 Å². The zero-order valence-corrected chi connectivity index (χ0v) is 9.98. The van der Waals surface area contributed by atoms with Crippen LogP contribution in [0.3, 0.4) is 0 Å². The molecule has 1 aromatic carbocycles. The molecule has 88 valence electrons. The molecule has 0 spiro atoms. The molecular weight excluding hydrogens is 212 g/mol. The standard InChI is InChI=1S/C15H16O2/c1-16-13-8-5-9-14-12(13)10-15(17-14)11-6-3-2-4-7-11/h2-4,6-7,10,13H,5,8-9H2,1H3/t13-/m0/s1. The molecule has 3 rings (SSSR count). The minimum atomic E-state index is 0.208. The predicted molar refractivity (Wildman–Crippen MR) is 66.8 cm³/mol. The lowest BCUT2D eigenvalue weighted by Crippen LogP contribution is -2.08. The van der Waals surface area contributed by atoms with Crippen LogP contribution < -0.4 is 0 Å². The van der Waals surface area contributed by atoms with Crippen LogP contribution in [0.4, 0.5) is 0 Å². The van der Waals surface area contributed by atoms with Gasteiger partial charge in [-0.3, -0.25) is 0 Å². The van der Waals surface area contributed by atoms with Crippen molar-refractivity contribution in [2.75, 3.05) is 7.11 Å². The maximum Gasteiger partial charge on any atom is 0.134 e. The predicted octanol–water partition coefficient (Wildman–Crippen LogP) is 3.97. The third-order valence-corrected chi connectivity index (χ3v) is 3.40. The molecule has 0 N–H and O–H groups in total. The number of aryl methyl sites for hydroxylation is 1. The molecule has 0 bridgehead atoms. The van der Waals surface area contributed by atoms with Gasteiger partial charge in [0.15, 0.2) is 0 Å². The Kier molecular flexibility index (Phi) is 2.73. The molecule has 1 aliphatic carbocycles. The van der Waals surface area contributed by atoms with Crippen LogP contribution in [-0.2, 0) is 11.2 Å². The molecule has 0 aliphatic heterocycles. The van der Waals surface area contributed by atoms with Gasteiger partial charge < -0.3 is 9.15 Å². The van der Waals surface area contributed by atoms with Crippen molar-refractivity contribution in [3.8, 4) is 11.3 Å². The van der Waals surface area contributed by atoms with Crippen molar-refractivity contribution < 1.29 is 9.15 Å². The number of furan rings is 1. The second-order valence-corrected chi connectivity index (χ2v) is 4.47. The summed E-state index contributed by atoms with van der Waals surface area (Å²) in [6.45, 7) is 0.